The van der Waals surface area contributed by atoms with Gasteiger partial charge in [-0.2, -0.15) is 13.2 Å². The third kappa shape index (κ3) is 2.80. The zero-order valence-corrected chi connectivity index (χ0v) is 9.59. The van der Waals surface area contributed by atoms with Gasteiger partial charge in [0.05, 0.1) is 7.11 Å². The zero-order valence-electron chi connectivity index (χ0n) is 7.43. The van der Waals surface area contributed by atoms with Crippen molar-refractivity contribution in [2.45, 2.75) is 6.18 Å². The van der Waals surface area contributed by atoms with Crippen LogP contribution in [0.2, 0.25) is 0 Å². The average molecular weight is 331 g/mol. The molecule has 3 nitrogen and oxygen atoms in total. The van der Waals surface area contributed by atoms with Crippen LogP contribution in [-0.4, -0.2) is 18.1 Å². The Kier molecular flexibility index (Phi) is 3.53. The minimum absolute atomic E-state index is 0.312. The molecule has 0 unspecified atom stereocenters. The Bertz CT molecular complexity index is 392. The number of carbonyl (C=O) groups excluding carboxylic acids is 1. The molecule has 1 heterocycles. The molecular formula is C8H5F3INO2. The number of methoxy groups -OCH3 is 1. The maximum absolute atomic E-state index is 12.2. The third-order valence-electron chi connectivity index (χ3n) is 1.52. The molecule has 0 N–H and O–H groups in total. The highest BCUT2D eigenvalue weighted by molar-refractivity contribution is 14.1. The van der Waals surface area contributed by atoms with Crippen molar-refractivity contribution < 1.29 is 22.7 Å². The Morgan fingerprint density at radius 3 is 2.53 bits per heavy atom. The van der Waals surface area contributed by atoms with Crippen LogP contribution in [0.1, 0.15) is 16.2 Å². The Hall–Kier alpha value is -0.860. The molecular weight excluding hydrogens is 326 g/mol. The van der Waals surface area contributed by atoms with Crippen molar-refractivity contribution in [1.29, 1.82) is 0 Å². The van der Waals surface area contributed by atoms with E-state index in [-0.39, 0.29) is 5.69 Å². The van der Waals surface area contributed by atoms with E-state index in [0.717, 1.165) is 13.2 Å². The summed E-state index contributed by atoms with van der Waals surface area (Å²) in [4.78, 5) is 14.3. The van der Waals surface area contributed by atoms with Gasteiger partial charge >= 0.3 is 12.1 Å². The summed E-state index contributed by atoms with van der Waals surface area (Å²) < 4.78 is 41.4. The van der Waals surface area contributed by atoms with Gasteiger partial charge in [-0.25, -0.2) is 9.78 Å². The summed E-state index contributed by atoms with van der Waals surface area (Å²) in [5.74, 6) is -0.884. The lowest BCUT2D eigenvalue weighted by Gasteiger charge is -2.07. The van der Waals surface area contributed by atoms with Crippen LogP contribution in [-0.2, 0) is 10.9 Å². The lowest BCUT2D eigenvalue weighted by Crippen LogP contribution is -2.14. The standard InChI is InChI=1S/C8H5F3INO2/c1-15-7(14)6-4(12)2-3-5(13-6)8(9,10)11/h2-3H,1H3. The molecule has 0 aliphatic rings. The predicted molar refractivity (Wildman–Crippen MR) is 53.3 cm³/mol. The van der Waals surface area contributed by atoms with Gasteiger partial charge in [-0.15, -0.1) is 0 Å². The fraction of sp³-hybridized carbons (Fsp3) is 0.250. The van der Waals surface area contributed by atoms with Crippen molar-refractivity contribution in [2.24, 2.45) is 0 Å². The lowest BCUT2D eigenvalue weighted by atomic mass is 10.3. The van der Waals surface area contributed by atoms with E-state index >= 15 is 0 Å². The molecule has 0 aromatic carbocycles. The topological polar surface area (TPSA) is 39.2 Å². The maximum atomic E-state index is 12.2. The summed E-state index contributed by atoms with van der Waals surface area (Å²) in [5, 5.41) is 0. The molecule has 82 valence electrons. The Morgan fingerprint density at radius 2 is 2.07 bits per heavy atom. The molecule has 0 radical (unpaired) electrons. The van der Waals surface area contributed by atoms with Crippen molar-refractivity contribution >= 4 is 28.6 Å². The van der Waals surface area contributed by atoms with Crippen LogP contribution >= 0.6 is 22.6 Å². The van der Waals surface area contributed by atoms with Crippen LogP contribution in [0.3, 0.4) is 0 Å². The second-order valence-electron chi connectivity index (χ2n) is 2.52. The molecule has 7 heteroatoms. The van der Waals surface area contributed by atoms with Crippen molar-refractivity contribution in [3.63, 3.8) is 0 Å². The summed E-state index contributed by atoms with van der Waals surface area (Å²) in [6, 6.07) is 1.98. The normalized spacial score (nSPS) is 11.3. The van der Waals surface area contributed by atoms with Gasteiger partial charge in [0.15, 0.2) is 5.69 Å². The van der Waals surface area contributed by atoms with E-state index in [9.17, 15) is 18.0 Å². The molecule has 0 aliphatic heterocycles. The molecule has 0 bridgehead atoms. The molecule has 0 saturated carbocycles. The number of nitrogens with zero attached hydrogens (tertiary/aromatic N) is 1. The predicted octanol–water partition coefficient (Wildman–Crippen LogP) is 2.49. The molecule has 0 saturated heterocycles. The van der Waals surface area contributed by atoms with E-state index in [1.165, 1.54) is 6.07 Å². The van der Waals surface area contributed by atoms with Crippen LogP contribution in [0, 0.1) is 3.57 Å². The minimum atomic E-state index is -4.56. The van der Waals surface area contributed by atoms with Crippen LogP contribution in [0.5, 0.6) is 0 Å². The van der Waals surface area contributed by atoms with Crippen molar-refractivity contribution in [3.8, 4) is 0 Å². The highest BCUT2D eigenvalue weighted by Crippen LogP contribution is 2.28. The number of hydrogen-bond donors (Lipinski definition) is 0. The van der Waals surface area contributed by atoms with E-state index in [4.69, 9.17) is 0 Å². The second kappa shape index (κ2) is 4.33. The largest absolute Gasteiger partial charge is 0.464 e. The van der Waals surface area contributed by atoms with Crippen LogP contribution in [0.25, 0.3) is 0 Å². The number of alkyl halides is 3. The molecule has 1 aromatic rings. The molecule has 1 aromatic heterocycles. The molecule has 0 aliphatic carbocycles. The van der Waals surface area contributed by atoms with E-state index in [2.05, 4.69) is 9.72 Å². The summed E-state index contributed by atoms with van der Waals surface area (Å²) >= 11 is 1.71. The number of rotatable bonds is 1. The van der Waals surface area contributed by atoms with Gasteiger partial charge in [-0.3, -0.25) is 0 Å². The number of hydrogen-bond acceptors (Lipinski definition) is 3. The van der Waals surface area contributed by atoms with Gasteiger partial charge in [0, 0.05) is 3.57 Å². The van der Waals surface area contributed by atoms with Gasteiger partial charge in [0.1, 0.15) is 5.69 Å². The van der Waals surface area contributed by atoms with Crippen LogP contribution < -0.4 is 0 Å². The van der Waals surface area contributed by atoms with Gasteiger partial charge in [0.25, 0.3) is 0 Å². The van der Waals surface area contributed by atoms with E-state index in [1.807, 2.05) is 0 Å². The second-order valence-corrected chi connectivity index (χ2v) is 3.68. The van der Waals surface area contributed by atoms with Crippen LogP contribution in [0.4, 0.5) is 13.2 Å². The summed E-state index contributed by atoms with van der Waals surface area (Å²) in [5.41, 5.74) is -1.43. The first-order valence-corrected chi connectivity index (χ1v) is 4.76. The summed E-state index contributed by atoms with van der Waals surface area (Å²) in [6.07, 6.45) is -4.56. The first-order valence-electron chi connectivity index (χ1n) is 3.68. The highest BCUT2D eigenvalue weighted by Gasteiger charge is 2.33. The van der Waals surface area contributed by atoms with Crippen molar-refractivity contribution in [1.82, 2.24) is 4.98 Å². The molecule has 15 heavy (non-hydrogen) atoms. The average Bonchev–Trinajstić information content (AvgIpc) is 2.15. The fourth-order valence-corrected chi connectivity index (χ4v) is 1.36. The van der Waals surface area contributed by atoms with Gasteiger partial charge < -0.3 is 4.74 Å². The van der Waals surface area contributed by atoms with Gasteiger partial charge in [-0.1, -0.05) is 0 Å². The summed E-state index contributed by atoms with van der Waals surface area (Å²) in [6.45, 7) is 0. The lowest BCUT2D eigenvalue weighted by molar-refractivity contribution is -0.141. The van der Waals surface area contributed by atoms with Crippen molar-refractivity contribution in [3.05, 3.63) is 27.1 Å². The summed E-state index contributed by atoms with van der Waals surface area (Å²) in [7, 11) is 1.08. The maximum Gasteiger partial charge on any atom is 0.433 e. The first-order chi connectivity index (χ1) is 6.86. The number of pyridine rings is 1. The number of esters is 1. The van der Waals surface area contributed by atoms with Gasteiger partial charge in [-0.05, 0) is 34.7 Å². The monoisotopic (exact) mass is 331 g/mol. The third-order valence-corrected chi connectivity index (χ3v) is 2.39. The van der Waals surface area contributed by atoms with Crippen LogP contribution in [0.15, 0.2) is 12.1 Å². The van der Waals surface area contributed by atoms with Crippen molar-refractivity contribution in [2.75, 3.05) is 7.11 Å². The van der Waals surface area contributed by atoms with E-state index < -0.39 is 17.8 Å². The Morgan fingerprint density at radius 1 is 1.47 bits per heavy atom. The Balaban J connectivity index is 3.23. The SMILES string of the molecule is COC(=O)c1nc(C(F)(F)F)ccc1I. The Labute approximate surface area is 96.8 Å². The van der Waals surface area contributed by atoms with E-state index in [0.29, 0.717) is 3.57 Å². The number of carbonyl (C=O) groups is 1. The molecule has 1 rings (SSSR count). The number of aromatic nitrogens is 1. The number of ether oxygens (including phenoxy) is 1. The first kappa shape index (κ1) is 12.2. The molecule has 0 fully saturated rings. The quantitative estimate of drug-likeness (QED) is 0.586. The zero-order chi connectivity index (χ0) is 11.6. The molecule has 0 spiro atoms. The molecule has 0 atom stereocenters. The smallest absolute Gasteiger partial charge is 0.433 e. The minimum Gasteiger partial charge on any atom is -0.464 e. The highest BCUT2D eigenvalue weighted by atomic mass is 127. The van der Waals surface area contributed by atoms with E-state index in [1.54, 1.807) is 22.6 Å². The number of halogens is 4. The molecule has 0 amide bonds. The fourth-order valence-electron chi connectivity index (χ4n) is 0.840. The van der Waals surface area contributed by atoms with Gasteiger partial charge in [0.2, 0.25) is 0 Å².